The molecule has 0 radical (unpaired) electrons. The lowest BCUT2D eigenvalue weighted by atomic mass is 10.2. The molecule has 0 bridgehead atoms. The lowest BCUT2D eigenvalue weighted by Crippen LogP contribution is -2.32. The molecule has 1 rings (SSSR count). The summed E-state index contributed by atoms with van der Waals surface area (Å²) in [6.45, 7) is 6.21. The van der Waals surface area contributed by atoms with Gasteiger partial charge in [-0.1, -0.05) is 11.9 Å². The van der Waals surface area contributed by atoms with Gasteiger partial charge in [0.05, 0.1) is 0 Å². The van der Waals surface area contributed by atoms with Crippen LogP contribution < -0.4 is 0 Å². The van der Waals surface area contributed by atoms with Gasteiger partial charge in [0.15, 0.2) is 0 Å². The fourth-order valence-corrected chi connectivity index (χ4v) is 2.11. The normalized spacial score (nSPS) is 21.2. The second-order valence-electron chi connectivity index (χ2n) is 3.91. The fourth-order valence-electron chi connectivity index (χ4n) is 1.82. The molecule has 3 heteroatoms. The SMILES string of the molecule is CSN(C)CCC(C)N1CCCC1. The third kappa shape index (κ3) is 3.88. The van der Waals surface area contributed by atoms with E-state index in [4.69, 9.17) is 0 Å². The summed E-state index contributed by atoms with van der Waals surface area (Å²) in [6, 6.07) is 0.775. The lowest BCUT2D eigenvalue weighted by molar-refractivity contribution is 0.239. The molecule has 0 aliphatic carbocycles. The van der Waals surface area contributed by atoms with E-state index in [0.29, 0.717) is 0 Å². The summed E-state index contributed by atoms with van der Waals surface area (Å²) in [5.74, 6) is 0. The summed E-state index contributed by atoms with van der Waals surface area (Å²) >= 11 is 1.82. The Kier molecular flexibility index (Phi) is 5.14. The van der Waals surface area contributed by atoms with Gasteiger partial charge in [0, 0.05) is 12.6 Å². The van der Waals surface area contributed by atoms with E-state index in [-0.39, 0.29) is 0 Å². The van der Waals surface area contributed by atoms with Crippen molar-refractivity contribution in [1.29, 1.82) is 0 Å². The fraction of sp³-hybridized carbons (Fsp3) is 1.00. The largest absolute Gasteiger partial charge is 0.301 e. The maximum absolute atomic E-state index is 2.62. The van der Waals surface area contributed by atoms with Crippen molar-refractivity contribution in [3.63, 3.8) is 0 Å². The molecule has 0 spiro atoms. The van der Waals surface area contributed by atoms with Crippen molar-refractivity contribution in [2.75, 3.05) is 32.9 Å². The Labute approximate surface area is 86.8 Å². The summed E-state index contributed by atoms with van der Waals surface area (Å²) in [5.41, 5.74) is 0. The average molecular weight is 202 g/mol. The Hall–Kier alpha value is 0.270. The summed E-state index contributed by atoms with van der Waals surface area (Å²) in [6.07, 6.45) is 6.25. The van der Waals surface area contributed by atoms with Crippen molar-refractivity contribution >= 4 is 11.9 Å². The van der Waals surface area contributed by atoms with Crippen molar-refractivity contribution in [1.82, 2.24) is 9.21 Å². The van der Waals surface area contributed by atoms with Crippen LogP contribution in [0.4, 0.5) is 0 Å². The highest BCUT2D eigenvalue weighted by Gasteiger charge is 2.17. The molecule has 0 aromatic carbocycles. The van der Waals surface area contributed by atoms with Gasteiger partial charge in [-0.05, 0) is 52.6 Å². The Morgan fingerprint density at radius 1 is 1.38 bits per heavy atom. The predicted molar refractivity (Wildman–Crippen MR) is 61.0 cm³/mol. The molecule has 1 aliphatic rings. The van der Waals surface area contributed by atoms with Crippen molar-refractivity contribution in [2.24, 2.45) is 0 Å². The van der Waals surface area contributed by atoms with Gasteiger partial charge in [0.1, 0.15) is 0 Å². The molecular formula is C10H22N2S. The Balaban J connectivity index is 2.12. The molecule has 78 valence electrons. The Bertz CT molecular complexity index is 135. The monoisotopic (exact) mass is 202 g/mol. The number of hydrogen-bond acceptors (Lipinski definition) is 3. The molecule has 1 atom stereocenters. The van der Waals surface area contributed by atoms with Crippen LogP contribution in [-0.2, 0) is 0 Å². The minimum atomic E-state index is 0.775. The third-order valence-electron chi connectivity index (χ3n) is 2.94. The zero-order chi connectivity index (χ0) is 9.68. The van der Waals surface area contributed by atoms with E-state index >= 15 is 0 Å². The maximum Gasteiger partial charge on any atom is 0.0101 e. The zero-order valence-corrected chi connectivity index (χ0v) is 9.94. The lowest BCUT2D eigenvalue weighted by Gasteiger charge is -2.25. The minimum absolute atomic E-state index is 0.775. The number of rotatable bonds is 5. The van der Waals surface area contributed by atoms with Gasteiger partial charge in [0.2, 0.25) is 0 Å². The molecule has 1 aliphatic heterocycles. The number of hydrogen-bond donors (Lipinski definition) is 0. The van der Waals surface area contributed by atoms with E-state index in [2.05, 4.69) is 29.4 Å². The molecule has 0 saturated carbocycles. The molecule has 1 heterocycles. The van der Waals surface area contributed by atoms with Gasteiger partial charge in [-0.15, -0.1) is 0 Å². The summed E-state index contributed by atoms with van der Waals surface area (Å²) in [4.78, 5) is 2.62. The summed E-state index contributed by atoms with van der Waals surface area (Å²) in [5, 5.41) is 0. The van der Waals surface area contributed by atoms with Crippen molar-refractivity contribution < 1.29 is 0 Å². The van der Waals surface area contributed by atoms with Gasteiger partial charge < -0.3 is 4.90 Å². The zero-order valence-electron chi connectivity index (χ0n) is 9.12. The standard InChI is InChI=1S/C10H22N2S/c1-10(6-9-11(2)13-3)12-7-4-5-8-12/h10H,4-9H2,1-3H3. The molecule has 1 unspecified atom stereocenters. The highest BCUT2D eigenvalue weighted by atomic mass is 32.2. The molecule has 2 nitrogen and oxygen atoms in total. The van der Waals surface area contributed by atoms with Crippen LogP contribution in [0, 0.1) is 0 Å². The minimum Gasteiger partial charge on any atom is -0.301 e. The molecule has 0 N–H and O–H groups in total. The van der Waals surface area contributed by atoms with E-state index in [1.54, 1.807) is 0 Å². The quantitative estimate of drug-likeness (QED) is 0.630. The van der Waals surface area contributed by atoms with E-state index < -0.39 is 0 Å². The first-order valence-electron chi connectivity index (χ1n) is 5.23. The highest BCUT2D eigenvalue weighted by molar-refractivity contribution is 7.96. The average Bonchev–Trinajstić information content (AvgIpc) is 2.66. The van der Waals surface area contributed by atoms with Gasteiger partial charge in [-0.3, -0.25) is 4.31 Å². The van der Waals surface area contributed by atoms with Crippen molar-refractivity contribution in [3.8, 4) is 0 Å². The highest BCUT2D eigenvalue weighted by Crippen LogP contribution is 2.14. The molecule has 0 aromatic rings. The molecule has 13 heavy (non-hydrogen) atoms. The molecule has 0 aromatic heterocycles. The van der Waals surface area contributed by atoms with Crippen LogP contribution in [0.1, 0.15) is 26.2 Å². The van der Waals surface area contributed by atoms with Gasteiger partial charge >= 0.3 is 0 Å². The van der Waals surface area contributed by atoms with Gasteiger partial charge in [0.25, 0.3) is 0 Å². The van der Waals surface area contributed by atoms with Crippen LogP contribution in [0.15, 0.2) is 0 Å². The Morgan fingerprint density at radius 3 is 2.54 bits per heavy atom. The van der Waals surface area contributed by atoms with Crippen molar-refractivity contribution in [3.05, 3.63) is 0 Å². The van der Waals surface area contributed by atoms with E-state index in [1.807, 2.05) is 11.9 Å². The second kappa shape index (κ2) is 5.89. The number of nitrogens with zero attached hydrogens (tertiary/aromatic N) is 2. The molecule has 1 saturated heterocycles. The second-order valence-corrected chi connectivity index (χ2v) is 4.90. The molecular weight excluding hydrogens is 180 g/mol. The van der Waals surface area contributed by atoms with Gasteiger partial charge in [-0.25, -0.2) is 0 Å². The third-order valence-corrected chi connectivity index (χ3v) is 3.74. The first-order chi connectivity index (χ1) is 6.24. The maximum atomic E-state index is 2.62. The smallest absolute Gasteiger partial charge is 0.0101 e. The first-order valence-corrected chi connectivity index (χ1v) is 6.41. The number of likely N-dealkylation sites (tertiary alicyclic amines) is 1. The van der Waals surface area contributed by atoms with E-state index in [9.17, 15) is 0 Å². The van der Waals surface area contributed by atoms with Crippen molar-refractivity contribution in [2.45, 2.75) is 32.2 Å². The molecule has 0 amide bonds. The van der Waals surface area contributed by atoms with Gasteiger partial charge in [-0.2, -0.15) is 0 Å². The van der Waals surface area contributed by atoms with E-state index in [1.165, 1.54) is 38.9 Å². The predicted octanol–water partition coefficient (Wildman–Crippen LogP) is 2.07. The summed E-state index contributed by atoms with van der Waals surface area (Å²) in [7, 11) is 2.17. The van der Waals surface area contributed by atoms with Crippen LogP contribution in [0.2, 0.25) is 0 Å². The summed E-state index contributed by atoms with van der Waals surface area (Å²) < 4.78 is 2.31. The van der Waals surface area contributed by atoms with Crippen LogP contribution in [0.25, 0.3) is 0 Å². The Morgan fingerprint density at radius 2 is 2.00 bits per heavy atom. The van der Waals surface area contributed by atoms with Crippen LogP contribution in [0.5, 0.6) is 0 Å². The van der Waals surface area contributed by atoms with Crippen LogP contribution in [0.3, 0.4) is 0 Å². The first kappa shape index (κ1) is 11.3. The molecule has 1 fully saturated rings. The van der Waals surface area contributed by atoms with Crippen LogP contribution >= 0.6 is 11.9 Å². The topological polar surface area (TPSA) is 6.48 Å². The van der Waals surface area contributed by atoms with Crippen LogP contribution in [-0.4, -0.2) is 48.2 Å². The van der Waals surface area contributed by atoms with E-state index in [0.717, 1.165) is 6.04 Å².